The van der Waals surface area contributed by atoms with Crippen LogP contribution in [0.5, 0.6) is 0 Å². The lowest BCUT2D eigenvalue weighted by Crippen LogP contribution is -2.23. The van der Waals surface area contributed by atoms with Gasteiger partial charge in [0.2, 0.25) is 0 Å². The Hall–Kier alpha value is -0.300. The van der Waals surface area contributed by atoms with Gasteiger partial charge in [-0.05, 0) is 19.3 Å². The topological polar surface area (TPSA) is 26.0 Å². The van der Waals surface area contributed by atoms with Crippen molar-refractivity contribution in [1.82, 2.24) is 0 Å². The van der Waals surface area contributed by atoms with Gasteiger partial charge in [-0.1, -0.05) is 19.1 Å². The molecule has 0 bridgehead atoms. The molecule has 1 fully saturated rings. The lowest BCUT2D eigenvalue weighted by molar-refractivity contribution is 0.758. The summed E-state index contributed by atoms with van der Waals surface area (Å²) in [6.45, 7) is 5.99. The van der Waals surface area contributed by atoms with Crippen LogP contribution in [0.2, 0.25) is 0 Å². The third kappa shape index (κ3) is 0.781. The van der Waals surface area contributed by atoms with Crippen molar-refractivity contribution in [1.29, 1.82) is 0 Å². The van der Waals surface area contributed by atoms with E-state index in [4.69, 9.17) is 5.73 Å². The van der Waals surface area contributed by atoms with Gasteiger partial charge in [0.15, 0.2) is 0 Å². The molecule has 1 nitrogen and oxygen atoms in total. The average Bonchev–Trinajstić information content (AvgIpc) is 2.47. The molecule has 2 N–H and O–H groups in total. The standard InChI is InChI=1S/C7H13N/c1-3-6(2)7(8)4-5-7/h2-5,8H2,1H3. The highest BCUT2D eigenvalue weighted by Gasteiger charge is 2.39. The zero-order valence-electron chi connectivity index (χ0n) is 5.41. The predicted octanol–water partition coefficient (Wildman–Crippen LogP) is 1.44. The van der Waals surface area contributed by atoms with Gasteiger partial charge in [-0.15, -0.1) is 0 Å². The first-order valence-corrected chi connectivity index (χ1v) is 3.16. The molecular formula is C7H13N. The van der Waals surface area contributed by atoms with Crippen LogP contribution in [0.15, 0.2) is 12.2 Å². The molecule has 0 amide bonds. The maximum atomic E-state index is 5.80. The lowest BCUT2D eigenvalue weighted by Gasteiger charge is -2.08. The maximum absolute atomic E-state index is 5.80. The summed E-state index contributed by atoms with van der Waals surface area (Å²) in [5, 5.41) is 0. The highest BCUT2D eigenvalue weighted by Crippen LogP contribution is 2.39. The van der Waals surface area contributed by atoms with Crippen LogP contribution in [-0.2, 0) is 0 Å². The van der Waals surface area contributed by atoms with Crippen LogP contribution in [0.25, 0.3) is 0 Å². The quantitative estimate of drug-likeness (QED) is 0.536. The molecule has 0 aromatic rings. The van der Waals surface area contributed by atoms with E-state index >= 15 is 0 Å². The number of nitrogens with two attached hydrogens (primary N) is 1. The largest absolute Gasteiger partial charge is 0.322 e. The number of hydrogen-bond acceptors (Lipinski definition) is 1. The van der Waals surface area contributed by atoms with Crippen LogP contribution in [-0.4, -0.2) is 5.54 Å². The Morgan fingerprint density at radius 2 is 2.25 bits per heavy atom. The Kier molecular flexibility index (Phi) is 1.16. The van der Waals surface area contributed by atoms with Crippen molar-refractivity contribution in [2.75, 3.05) is 0 Å². The van der Waals surface area contributed by atoms with E-state index in [9.17, 15) is 0 Å². The second kappa shape index (κ2) is 1.59. The molecule has 0 saturated heterocycles. The summed E-state index contributed by atoms with van der Waals surface area (Å²) in [4.78, 5) is 0. The SMILES string of the molecule is C=C(CC)C1(N)CC1. The Morgan fingerprint density at radius 1 is 1.75 bits per heavy atom. The summed E-state index contributed by atoms with van der Waals surface area (Å²) in [6, 6.07) is 0. The zero-order valence-corrected chi connectivity index (χ0v) is 5.41. The van der Waals surface area contributed by atoms with Crippen molar-refractivity contribution in [2.24, 2.45) is 5.73 Å². The monoisotopic (exact) mass is 111 g/mol. The van der Waals surface area contributed by atoms with E-state index in [0.717, 1.165) is 19.3 Å². The van der Waals surface area contributed by atoms with Crippen LogP contribution in [0.3, 0.4) is 0 Å². The summed E-state index contributed by atoms with van der Waals surface area (Å²) in [6.07, 6.45) is 3.34. The highest BCUT2D eigenvalue weighted by atomic mass is 14.8. The van der Waals surface area contributed by atoms with Gasteiger partial charge < -0.3 is 5.73 Å². The molecule has 0 heterocycles. The van der Waals surface area contributed by atoms with Gasteiger partial charge in [-0.2, -0.15) is 0 Å². The van der Waals surface area contributed by atoms with Gasteiger partial charge in [0.1, 0.15) is 0 Å². The molecule has 1 aliphatic carbocycles. The molecule has 0 spiro atoms. The van der Waals surface area contributed by atoms with Crippen LogP contribution in [0.4, 0.5) is 0 Å². The summed E-state index contributed by atoms with van der Waals surface area (Å²) >= 11 is 0. The van der Waals surface area contributed by atoms with Gasteiger partial charge in [0.05, 0.1) is 0 Å². The third-order valence-electron chi connectivity index (χ3n) is 1.92. The summed E-state index contributed by atoms with van der Waals surface area (Å²) < 4.78 is 0. The van der Waals surface area contributed by atoms with E-state index in [0.29, 0.717) is 0 Å². The molecular weight excluding hydrogens is 98.1 g/mol. The minimum Gasteiger partial charge on any atom is -0.322 e. The normalized spacial score (nSPS) is 22.8. The first-order valence-electron chi connectivity index (χ1n) is 3.16. The first-order chi connectivity index (χ1) is 3.69. The molecule has 0 radical (unpaired) electrons. The van der Waals surface area contributed by atoms with Crippen molar-refractivity contribution >= 4 is 0 Å². The predicted molar refractivity (Wildman–Crippen MR) is 35.6 cm³/mol. The minimum atomic E-state index is 0.0642. The van der Waals surface area contributed by atoms with E-state index in [1.807, 2.05) is 0 Å². The average molecular weight is 111 g/mol. The van der Waals surface area contributed by atoms with Gasteiger partial charge in [0, 0.05) is 5.54 Å². The molecule has 0 unspecified atom stereocenters. The molecule has 46 valence electrons. The summed E-state index contributed by atoms with van der Waals surface area (Å²) in [5.74, 6) is 0. The molecule has 1 aliphatic rings. The fourth-order valence-electron chi connectivity index (χ4n) is 0.840. The van der Waals surface area contributed by atoms with Crippen molar-refractivity contribution < 1.29 is 0 Å². The van der Waals surface area contributed by atoms with Gasteiger partial charge >= 0.3 is 0 Å². The van der Waals surface area contributed by atoms with Crippen molar-refractivity contribution in [3.63, 3.8) is 0 Å². The van der Waals surface area contributed by atoms with Gasteiger partial charge in [-0.25, -0.2) is 0 Å². The second-order valence-corrected chi connectivity index (χ2v) is 2.61. The maximum Gasteiger partial charge on any atom is 0.0367 e. The highest BCUT2D eigenvalue weighted by molar-refractivity contribution is 5.23. The fourth-order valence-corrected chi connectivity index (χ4v) is 0.840. The summed E-state index contributed by atoms with van der Waals surface area (Å²) in [5.41, 5.74) is 7.09. The van der Waals surface area contributed by atoms with Crippen LogP contribution in [0.1, 0.15) is 26.2 Å². The smallest absolute Gasteiger partial charge is 0.0367 e. The third-order valence-corrected chi connectivity index (χ3v) is 1.92. The molecule has 0 aromatic heterocycles. The summed E-state index contributed by atoms with van der Waals surface area (Å²) in [7, 11) is 0. The van der Waals surface area contributed by atoms with E-state index in [1.165, 1.54) is 5.57 Å². The van der Waals surface area contributed by atoms with E-state index < -0.39 is 0 Å². The van der Waals surface area contributed by atoms with Crippen LogP contribution >= 0.6 is 0 Å². The molecule has 0 atom stereocenters. The van der Waals surface area contributed by atoms with E-state index in [-0.39, 0.29) is 5.54 Å². The van der Waals surface area contributed by atoms with Crippen molar-refractivity contribution in [2.45, 2.75) is 31.7 Å². The van der Waals surface area contributed by atoms with E-state index in [2.05, 4.69) is 13.5 Å². The van der Waals surface area contributed by atoms with Crippen LogP contribution in [0, 0.1) is 0 Å². The molecule has 8 heavy (non-hydrogen) atoms. The van der Waals surface area contributed by atoms with Gasteiger partial charge in [0.25, 0.3) is 0 Å². The first kappa shape index (κ1) is 5.83. The molecule has 0 aromatic carbocycles. The lowest BCUT2D eigenvalue weighted by atomic mass is 10.1. The molecule has 1 heteroatoms. The van der Waals surface area contributed by atoms with E-state index in [1.54, 1.807) is 0 Å². The van der Waals surface area contributed by atoms with Crippen molar-refractivity contribution in [3.05, 3.63) is 12.2 Å². The van der Waals surface area contributed by atoms with Crippen molar-refractivity contribution in [3.8, 4) is 0 Å². The zero-order chi connectivity index (χ0) is 6.20. The second-order valence-electron chi connectivity index (χ2n) is 2.61. The molecule has 1 rings (SSSR count). The Bertz CT molecular complexity index is 112. The fraction of sp³-hybridized carbons (Fsp3) is 0.714. The minimum absolute atomic E-state index is 0.0642. The number of hydrogen-bond donors (Lipinski definition) is 1. The Labute approximate surface area is 50.6 Å². The van der Waals surface area contributed by atoms with Gasteiger partial charge in [-0.3, -0.25) is 0 Å². The Balaban J connectivity index is 2.46. The Morgan fingerprint density at radius 3 is 2.38 bits per heavy atom. The van der Waals surface area contributed by atoms with Crippen LogP contribution < -0.4 is 5.73 Å². The number of rotatable bonds is 2. The molecule has 0 aliphatic heterocycles. The molecule has 1 saturated carbocycles.